The first-order valence-electron chi connectivity index (χ1n) is 36.7. The van der Waals surface area contributed by atoms with Crippen molar-refractivity contribution in [1.29, 1.82) is 0 Å². The summed E-state index contributed by atoms with van der Waals surface area (Å²) in [6.07, 6.45) is 0. The Morgan fingerprint density at radius 3 is 0.146 bits per heavy atom. The van der Waals surface area contributed by atoms with Gasteiger partial charge in [-0.2, -0.15) is 0 Å². The molecule has 35 nitrogen and oxygen atoms in total. The highest BCUT2D eigenvalue weighted by Gasteiger charge is 2.03. The fraction of sp³-hybridized carbons (Fsp3) is 1.00. The van der Waals surface area contributed by atoms with E-state index in [9.17, 15) is 0 Å². The van der Waals surface area contributed by atoms with Gasteiger partial charge in [0.2, 0.25) is 0 Å². The van der Waals surface area contributed by atoms with Crippen molar-refractivity contribution in [1.82, 2.24) is 0 Å². The van der Waals surface area contributed by atoms with Crippen molar-refractivity contribution in [3.8, 4) is 0 Å². The van der Waals surface area contributed by atoms with Gasteiger partial charge in [-0.3, -0.25) is 0 Å². The van der Waals surface area contributed by atoms with Crippen molar-refractivity contribution >= 4 is 0 Å². The first kappa shape index (κ1) is 102. The van der Waals surface area contributed by atoms with Crippen LogP contribution in [0.3, 0.4) is 0 Å². The molecule has 0 heterocycles. The van der Waals surface area contributed by atoms with Crippen LogP contribution in [0.5, 0.6) is 0 Å². The predicted octanol–water partition coefficient (Wildman–Crippen LogP) is -0.481. The summed E-state index contributed by atoms with van der Waals surface area (Å²) in [6.45, 7) is 31.5. The van der Waals surface area contributed by atoms with Crippen LogP contribution in [0.2, 0.25) is 0 Å². The summed E-state index contributed by atoms with van der Waals surface area (Å²) >= 11 is 0. The molecule has 0 aromatic heterocycles. The Bertz CT molecular complexity index is 1340. The van der Waals surface area contributed by atoms with Crippen molar-refractivity contribution in [3.63, 3.8) is 0 Å². The van der Waals surface area contributed by atoms with E-state index in [1.54, 1.807) is 0 Å². The summed E-state index contributed by atoms with van der Waals surface area (Å²) in [5, 5.41) is 17.2. The highest BCUT2D eigenvalue weighted by molar-refractivity contribution is 4.45. The largest absolute Gasteiger partial charge is 0.394 e. The summed E-state index contributed by atoms with van der Waals surface area (Å²) in [5.74, 6) is 0. The number of ether oxygens (including phenoxy) is 33. The van der Waals surface area contributed by atoms with Gasteiger partial charge in [0.1, 0.15) is 0 Å². The fourth-order valence-corrected chi connectivity index (χ4v) is 7.27. The van der Waals surface area contributed by atoms with Gasteiger partial charge in [-0.05, 0) is 0 Å². The van der Waals surface area contributed by atoms with Crippen molar-refractivity contribution in [2.45, 2.75) is 0 Å². The molecule has 0 saturated carbocycles. The zero-order valence-corrected chi connectivity index (χ0v) is 62.4. The van der Waals surface area contributed by atoms with Crippen LogP contribution in [0.25, 0.3) is 0 Å². The van der Waals surface area contributed by atoms with Gasteiger partial charge >= 0.3 is 0 Å². The van der Waals surface area contributed by atoms with E-state index < -0.39 is 0 Å². The molecule has 0 aromatic rings. The van der Waals surface area contributed by atoms with Crippen molar-refractivity contribution < 1.29 is 167 Å². The van der Waals surface area contributed by atoms with Crippen molar-refractivity contribution in [2.75, 3.05) is 449 Å². The van der Waals surface area contributed by atoms with Crippen LogP contribution < -0.4 is 0 Å². The second kappa shape index (κ2) is 101. The zero-order valence-electron chi connectivity index (χ0n) is 62.4. The van der Waals surface area contributed by atoms with Crippen LogP contribution in [-0.2, 0) is 156 Å². The van der Waals surface area contributed by atoms with Gasteiger partial charge in [0.25, 0.3) is 0 Å². The van der Waals surface area contributed by atoms with E-state index in [0.29, 0.717) is 436 Å². The molecule has 0 amide bonds. The molecule has 0 fully saturated rings. The molecular weight excluding hydrogens is 1380 g/mol. The van der Waals surface area contributed by atoms with E-state index >= 15 is 0 Å². The van der Waals surface area contributed by atoms with E-state index in [-0.39, 0.29) is 13.2 Å². The normalized spacial score (nSPS) is 11.8. The molecule has 35 heteroatoms. The molecule has 0 bridgehead atoms. The standard InChI is InChI=1S/C68H138O35/c69-1-3-71-5-7-73-9-11-75-13-15-77-17-19-79-21-23-81-25-27-83-29-31-85-33-35-87-37-39-89-41-43-91-45-47-93-49-51-95-53-55-97-57-59-99-61-63-101-65-67-103-68-66-102-64-62-100-60-58-98-56-54-96-52-50-94-48-46-92-44-42-90-40-38-88-36-34-86-32-30-84-28-26-82-24-22-80-20-18-78-16-14-76-12-10-74-8-6-72-4-2-70/h69-70H,1-68H2. The molecule has 2 N–H and O–H groups in total. The zero-order chi connectivity index (χ0) is 73.4. The third kappa shape index (κ3) is 101. The fourth-order valence-electron chi connectivity index (χ4n) is 7.27. The summed E-state index contributed by atoms with van der Waals surface area (Å²) in [6, 6.07) is 0. The van der Waals surface area contributed by atoms with Gasteiger partial charge in [0.15, 0.2) is 0 Å². The molecule has 0 rings (SSSR count). The Morgan fingerprint density at radius 1 is 0.0680 bits per heavy atom. The molecule has 103 heavy (non-hydrogen) atoms. The number of aliphatic hydroxyl groups is 2. The van der Waals surface area contributed by atoms with Crippen LogP contribution in [0, 0.1) is 0 Å². The Kier molecular flexibility index (Phi) is 99.2. The molecule has 0 aliphatic heterocycles. The minimum Gasteiger partial charge on any atom is -0.394 e. The van der Waals surface area contributed by atoms with Crippen molar-refractivity contribution in [3.05, 3.63) is 0 Å². The van der Waals surface area contributed by atoms with Crippen LogP contribution >= 0.6 is 0 Å². The monoisotopic (exact) mass is 1510 g/mol. The second-order valence-electron chi connectivity index (χ2n) is 20.7. The Labute approximate surface area is 614 Å². The molecule has 0 saturated heterocycles. The number of aliphatic hydroxyl groups excluding tert-OH is 2. The molecule has 0 aliphatic rings. The van der Waals surface area contributed by atoms with E-state index in [4.69, 9.17) is 167 Å². The van der Waals surface area contributed by atoms with Crippen LogP contribution in [0.1, 0.15) is 0 Å². The summed E-state index contributed by atoms with van der Waals surface area (Å²) < 4.78 is 181. The number of hydrogen-bond donors (Lipinski definition) is 2. The summed E-state index contributed by atoms with van der Waals surface area (Å²) in [5.41, 5.74) is 0. The van der Waals surface area contributed by atoms with E-state index in [1.807, 2.05) is 0 Å². The van der Waals surface area contributed by atoms with Crippen molar-refractivity contribution in [2.24, 2.45) is 0 Å². The Morgan fingerprint density at radius 2 is 0.107 bits per heavy atom. The lowest BCUT2D eigenvalue weighted by Crippen LogP contribution is -2.16. The number of hydrogen-bond acceptors (Lipinski definition) is 35. The molecule has 0 aliphatic carbocycles. The lowest BCUT2D eigenvalue weighted by molar-refractivity contribution is -0.0326. The lowest BCUT2D eigenvalue weighted by Gasteiger charge is -2.09. The Hall–Kier alpha value is -1.40. The van der Waals surface area contributed by atoms with Crippen LogP contribution in [0.15, 0.2) is 0 Å². The minimum atomic E-state index is 0.0157. The molecule has 0 unspecified atom stereocenters. The molecule has 0 aromatic carbocycles. The minimum absolute atomic E-state index is 0.0157. The van der Waals surface area contributed by atoms with Gasteiger partial charge in [-0.1, -0.05) is 0 Å². The van der Waals surface area contributed by atoms with Gasteiger partial charge < -0.3 is 167 Å². The van der Waals surface area contributed by atoms with E-state index in [0.717, 1.165) is 0 Å². The summed E-state index contributed by atoms with van der Waals surface area (Å²) in [7, 11) is 0. The average molecular weight is 1520 g/mol. The molecule has 0 atom stereocenters. The maximum absolute atomic E-state index is 8.62. The molecular formula is C68H138O35. The second-order valence-corrected chi connectivity index (χ2v) is 20.7. The lowest BCUT2D eigenvalue weighted by atomic mass is 10.6. The average Bonchev–Trinajstić information content (AvgIpc) is 3.71. The summed E-state index contributed by atoms with van der Waals surface area (Å²) in [4.78, 5) is 0. The maximum Gasteiger partial charge on any atom is 0.0701 e. The smallest absolute Gasteiger partial charge is 0.0701 e. The molecule has 0 radical (unpaired) electrons. The van der Waals surface area contributed by atoms with Gasteiger partial charge in [0.05, 0.1) is 449 Å². The Balaban J connectivity index is 3.09. The SMILES string of the molecule is OCCOCCOCCOCCOCCOCCOCCOCCOCCOCCOCCOCCOCCOCCOCCOCCOCCOCCOCCOCCOCCOCCOCCOCCOCCOCCOCCOCCOCCOCCOCCOCCOCCOCCO. The van der Waals surface area contributed by atoms with E-state index in [1.165, 1.54) is 0 Å². The van der Waals surface area contributed by atoms with Crippen LogP contribution in [0.4, 0.5) is 0 Å². The molecule has 620 valence electrons. The van der Waals surface area contributed by atoms with Gasteiger partial charge in [-0.25, -0.2) is 0 Å². The first-order valence-corrected chi connectivity index (χ1v) is 36.7. The quantitative estimate of drug-likeness (QED) is 0.0726. The highest BCUT2D eigenvalue weighted by Crippen LogP contribution is 1.94. The number of rotatable bonds is 100. The van der Waals surface area contributed by atoms with Crippen LogP contribution in [-0.4, -0.2) is 459 Å². The third-order valence-electron chi connectivity index (χ3n) is 12.4. The third-order valence-corrected chi connectivity index (χ3v) is 12.4. The maximum atomic E-state index is 8.62. The van der Waals surface area contributed by atoms with E-state index in [2.05, 4.69) is 0 Å². The molecule has 0 spiro atoms. The van der Waals surface area contributed by atoms with Gasteiger partial charge in [-0.15, -0.1) is 0 Å². The van der Waals surface area contributed by atoms with Gasteiger partial charge in [0, 0.05) is 0 Å². The predicted molar refractivity (Wildman–Crippen MR) is 371 cm³/mol. The first-order chi connectivity index (χ1) is 51.4. The topological polar surface area (TPSA) is 345 Å². The highest BCUT2D eigenvalue weighted by atomic mass is 16.6.